The number of hydrogen-bond acceptors (Lipinski definition) is 6. The molecule has 28 heavy (non-hydrogen) atoms. The number of aryl methyl sites for hydroxylation is 2. The molecule has 4 rings (SSSR count). The number of piperazine rings is 1. The second-order valence-electron chi connectivity index (χ2n) is 6.87. The van der Waals surface area contributed by atoms with Crippen LogP contribution in [-0.2, 0) is 13.6 Å². The SMILES string of the molecule is Cc1nn(C)c(Oc2cccnc2)c1CN1CCN(c2ccncc2Cl)CC1. The van der Waals surface area contributed by atoms with Gasteiger partial charge in [-0.1, -0.05) is 11.6 Å². The Kier molecular flexibility index (Phi) is 5.45. The first-order chi connectivity index (χ1) is 13.6. The average Bonchev–Trinajstić information content (AvgIpc) is 2.97. The molecule has 0 spiro atoms. The Morgan fingerprint density at radius 2 is 1.86 bits per heavy atom. The minimum absolute atomic E-state index is 0.700. The summed E-state index contributed by atoms with van der Waals surface area (Å²) in [7, 11) is 1.91. The van der Waals surface area contributed by atoms with Crippen LogP contribution in [0.15, 0.2) is 43.0 Å². The van der Waals surface area contributed by atoms with Gasteiger partial charge in [-0.15, -0.1) is 0 Å². The highest BCUT2D eigenvalue weighted by molar-refractivity contribution is 6.33. The Labute approximate surface area is 169 Å². The normalized spacial score (nSPS) is 15.0. The van der Waals surface area contributed by atoms with Crippen molar-refractivity contribution >= 4 is 17.3 Å². The van der Waals surface area contributed by atoms with Gasteiger partial charge < -0.3 is 9.64 Å². The number of anilines is 1. The largest absolute Gasteiger partial charge is 0.437 e. The Morgan fingerprint density at radius 1 is 1.07 bits per heavy atom. The molecule has 1 aliphatic rings. The fraction of sp³-hybridized carbons (Fsp3) is 0.350. The second kappa shape index (κ2) is 8.16. The molecule has 4 heterocycles. The molecular formula is C20H23ClN6O. The summed E-state index contributed by atoms with van der Waals surface area (Å²) in [5, 5.41) is 5.26. The number of nitrogens with zero attached hydrogens (tertiary/aromatic N) is 6. The fourth-order valence-corrected chi connectivity index (χ4v) is 3.74. The van der Waals surface area contributed by atoms with Crippen molar-refractivity contribution in [3.05, 3.63) is 59.3 Å². The molecule has 7 nitrogen and oxygen atoms in total. The predicted octanol–water partition coefficient (Wildman–Crippen LogP) is 3.29. The molecule has 146 valence electrons. The van der Waals surface area contributed by atoms with E-state index in [4.69, 9.17) is 16.3 Å². The molecular weight excluding hydrogens is 376 g/mol. The molecule has 0 N–H and O–H groups in total. The van der Waals surface area contributed by atoms with Crippen LogP contribution in [0, 0.1) is 6.92 Å². The first-order valence-electron chi connectivity index (χ1n) is 9.29. The lowest BCUT2D eigenvalue weighted by atomic mass is 10.2. The Hall–Kier alpha value is -2.64. The summed E-state index contributed by atoms with van der Waals surface area (Å²) in [4.78, 5) is 12.9. The summed E-state index contributed by atoms with van der Waals surface area (Å²) in [6.07, 6.45) is 6.93. The summed E-state index contributed by atoms with van der Waals surface area (Å²) in [6, 6.07) is 5.74. The lowest BCUT2D eigenvalue weighted by Gasteiger charge is -2.36. The van der Waals surface area contributed by atoms with Crippen molar-refractivity contribution in [3.63, 3.8) is 0 Å². The second-order valence-corrected chi connectivity index (χ2v) is 7.28. The maximum atomic E-state index is 6.29. The maximum Gasteiger partial charge on any atom is 0.222 e. The van der Waals surface area contributed by atoms with Gasteiger partial charge in [-0.25, -0.2) is 4.68 Å². The van der Waals surface area contributed by atoms with Gasteiger partial charge in [-0.3, -0.25) is 14.9 Å². The van der Waals surface area contributed by atoms with Crippen LogP contribution in [0.3, 0.4) is 0 Å². The third-order valence-corrected chi connectivity index (χ3v) is 5.27. The van der Waals surface area contributed by atoms with E-state index in [0.29, 0.717) is 10.8 Å². The van der Waals surface area contributed by atoms with E-state index in [0.717, 1.165) is 55.5 Å². The summed E-state index contributed by atoms with van der Waals surface area (Å²) in [6.45, 7) is 6.55. The third-order valence-electron chi connectivity index (χ3n) is 4.98. The topological polar surface area (TPSA) is 59.3 Å². The number of ether oxygens (including phenoxy) is 1. The molecule has 1 fully saturated rings. The minimum atomic E-state index is 0.700. The highest BCUT2D eigenvalue weighted by Gasteiger charge is 2.23. The van der Waals surface area contributed by atoms with Gasteiger partial charge in [0, 0.05) is 58.4 Å². The molecule has 1 aliphatic heterocycles. The van der Waals surface area contributed by atoms with Crippen LogP contribution in [0.2, 0.25) is 5.02 Å². The predicted molar refractivity (Wildman–Crippen MR) is 109 cm³/mol. The van der Waals surface area contributed by atoms with E-state index in [2.05, 4.69) is 24.9 Å². The highest BCUT2D eigenvalue weighted by Crippen LogP contribution is 2.29. The lowest BCUT2D eigenvalue weighted by molar-refractivity contribution is 0.246. The van der Waals surface area contributed by atoms with Gasteiger partial charge in [0.1, 0.15) is 5.75 Å². The lowest BCUT2D eigenvalue weighted by Crippen LogP contribution is -2.46. The van der Waals surface area contributed by atoms with E-state index in [1.807, 2.05) is 32.2 Å². The molecule has 0 bridgehead atoms. The van der Waals surface area contributed by atoms with Crippen LogP contribution >= 0.6 is 11.6 Å². The summed E-state index contributed by atoms with van der Waals surface area (Å²) < 4.78 is 7.88. The maximum absolute atomic E-state index is 6.29. The number of rotatable bonds is 5. The average molecular weight is 399 g/mol. The first-order valence-corrected chi connectivity index (χ1v) is 9.67. The summed E-state index contributed by atoms with van der Waals surface area (Å²) in [5.41, 5.74) is 3.15. The monoisotopic (exact) mass is 398 g/mol. The zero-order valence-corrected chi connectivity index (χ0v) is 16.8. The van der Waals surface area contributed by atoms with E-state index >= 15 is 0 Å². The molecule has 8 heteroatoms. The molecule has 0 aliphatic carbocycles. The van der Waals surface area contributed by atoms with E-state index in [1.165, 1.54) is 0 Å². The quantitative estimate of drug-likeness (QED) is 0.657. The van der Waals surface area contributed by atoms with Crippen molar-refractivity contribution < 1.29 is 4.74 Å². The highest BCUT2D eigenvalue weighted by atomic mass is 35.5. The van der Waals surface area contributed by atoms with Gasteiger partial charge in [-0.2, -0.15) is 5.10 Å². The molecule has 0 atom stereocenters. The van der Waals surface area contributed by atoms with Gasteiger partial charge in [0.2, 0.25) is 5.88 Å². The van der Waals surface area contributed by atoms with Crippen LogP contribution in [0.1, 0.15) is 11.3 Å². The first kappa shape index (κ1) is 18.7. The Balaban J connectivity index is 1.45. The van der Waals surface area contributed by atoms with Crippen molar-refractivity contribution in [3.8, 4) is 11.6 Å². The van der Waals surface area contributed by atoms with Crippen molar-refractivity contribution in [2.75, 3.05) is 31.1 Å². The molecule has 0 radical (unpaired) electrons. The van der Waals surface area contributed by atoms with Gasteiger partial charge >= 0.3 is 0 Å². The number of aromatic nitrogens is 4. The van der Waals surface area contributed by atoms with Crippen LogP contribution in [0.5, 0.6) is 11.6 Å². The van der Waals surface area contributed by atoms with E-state index in [1.54, 1.807) is 29.5 Å². The molecule has 0 amide bonds. The van der Waals surface area contributed by atoms with Gasteiger partial charge in [0.15, 0.2) is 0 Å². The van der Waals surface area contributed by atoms with Crippen molar-refractivity contribution in [2.24, 2.45) is 7.05 Å². The van der Waals surface area contributed by atoms with Crippen LogP contribution in [0.4, 0.5) is 5.69 Å². The van der Waals surface area contributed by atoms with Gasteiger partial charge in [0.25, 0.3) is 0 Å². The Bertz CT molecular complexity index is 937. The van der Waals surface area contributed by atoms with Crippen LogP contribution in [0.25, 0.3) is 0 Å². The van der Waals surface area contributed by atoms with Crippen LogP contribution in [-0.4, -0.2) is 50.8 Å². The van der Waals surface area contributed by atoms with Gasteiger partial charge in [0.05, 0.1) is 28.2 Å². The Morgan fingerprint density at radius 3 is 2.57 bits per heavy atom. The van der Waals surface area contributed by atoms with Crippen molar-refractivity contribution in [1.82, 2.24) is 24.6 Å². The number of halogens is 1. The molecule has 3 aromatic rings. The summed E-state index contributed by atoms with van der Waals surface area (Å²) >= 11 is 6.29. The molecule has 3 aromatic heterocycles. The van der Waals surface area contributed by atoms with Crippen molar-refractivity contribution in [1.29, 1.82) is 0 Å². The molecule has 0 aromatic carbocycles. The summed E-state index contributed by atoms with van der Waals surface area (Å²) in [5.74, 6) is 1.48. The third kappa shape index (κ3) is 3.95. The smallest absolute Gasteiger partial charge is 0.222 e. The van der Waals surface area contributed by atoms with Crippen LogP contribution < -0.4 is 9.64 Å². The number of pyridine rings is 2. The van der Waals surface area contributed by atoms with Gasteiger partial charge in [-0.05, 0) is 25.1 Å². The van der Waals surface area contributed by atoms with E-state index in [9.17, 15) is 0 Å². The standard InChI is InChI=1S/C20H23ClN6O/c1-15-17(20(25(2)24-15)28-16-4-3-6-22-12-16)14-26-8-10-27(11-9-26)19-5-7-23-13-18(19)21/h3-7,12-13H,8-11,14H2,1-2H3. The van der Waals surface area contributed by atoms with E-state index in [-0.39, 0.29) is 0 Å². The molecule has 0 saturated carbocycles. The zero-order chi connectivity index (χ0) is 19.5. The van der Waals surface area contributed by atoms with Crippen molar-refractivity contribution in [2.45, 2.75) is 13.5 Å². The zero-order valence-electron chi connectivity index (χ0n) is 16.0. The molecule has 0 unspecified atom stereocenters. The fourth-order valence-electron chi connectivity index (χ4n) is 3.50. The number of hydrogen-bond donors (Lipinski definition) is 0. The molecule has 1 saturated heterocycles. The van der Waals surface area contributed by atoms with E-state index < -0.39 is 0 Å². The minimum Gasteiger partial charge on any atom is -0.437 e.